The number of hydrogen-bond acceptors (Lipinski definition) is 6. The predicted molar refractivity (Wildman–Crippen MR) is 137 cm³/mol. The van der Waals surface area contributed by atoms with Gasteiger partial charge in [-0.1, -0.05) is 18.2 Å². The second-order valence-corrected chi connectivity index (χ2v) is 9.06. The van der Waals surface area contributed by atoms with E-state index < -0.39 is 18.4 Å². The number of Topliss-reactive ketones (excluding diaryl/α,β-unsaturated/α-hetero) is 1. The van der Waals surface area contributed by atoms with Gasteiger partial charge in [0.1, 0.15) is 23.6 Å². The van der Waals surface area contributed by atoms with Gasteiger partial charge in [-0.3, -0.25) is 23.7 Å². The van der Waals surface area contributed by atoms with Crippen LogP contribution in [-0.4, -0.2) is 52.2 Å². The summed E-state index contributed by atoms with van der Waals surface area (Å²) in [6.45, 7) is 7.58. The number of ketones is 1. The molecule has 1 N–H and O–H groups in total. The predicted octanol–water partition coefficient (Wildman–Crippen LogP) is 2.93. The highest BCUT2D eigenvalue weighted by Crippen LogP contribution is 2.24. The van der Waals surface area contributed by atoms with Gasteiger partial charge in [-0.2, -0.15) is 5.10 Å². The Morgan fingerprint density at radius 3 is 2.29 bits per heavy atom. The minimum Gasteiger partial charge on any atom is -0.456 e. The van der Waals surface area contributed by atoms with Gasteiger partial charge in [-0.15, -0.1) is 0 Å². The zero-order chi connectivity index (χ0) is 27.9. The Hall–Kier alpha value is -4.74. The lowest BCUT2D eigenvalue weighted by atomic mass is 10.1. The molecule has 0 bridgehead atoms. The van der Waals surface area contributed by atoms with Crippen molar-refractivity contribution in [1.29, 1.82) is 0 Å². The van der Waals surface area contributed by atoms with Crippen LogP contribution in [0.1, 0.15) is 38.8 Å². The molecule has 0 unspecified atom stereocenters. The van der Waals surface area contributed by atoms with Crippen molar-refractivity contribution in [2.75, 3.05) is 6.61 Å². The SMILES string of the molecule is Cc1nn(CC(=O)OCC(=O)c2cc(C)n(-c3c(C)n(C)n(-c4ccccc4)c3=O)c2C)c(C)c1[N+](=O)O. The molecule has 38 heavy (non-hydrogen) atoms. The number of hydrogen-bond donors (Lipinski definition) is 1. The highest BCUT2D eigenvalue weighted by Gasteiger charge is 2.28. The minimum absolute atomic E-state index is 0.0520. The topological polar surface area (TPSA) is 133 Å². The fraction of sp³-hybridized carbons (Fsp3) is 0.308. The molecule has 4 rings (SSSR count). The van der Waals surface area contributed by atoms with Crippen molar-refractivity contribution >= 4 is 17.4 Å². The Morgan fingerprint density at radius 1 is 1.03 bits per heavy atom. The molecule has 0 aliphatic carbocycles. The van der Waals surface area contributed by atoms with Gasteiger partial charge in [-0.05, 0) is 52.8 Å². The van der Waals surface area contributed by atoms with Crippen molar-refractivity contribution in [3.8, 4) is 11.4 Å². The summed E-state index contributed by atoms with van der Waals surface area (Å²) in [5.41, 5.74) is 3.69. The normalized spacial score (nSPS) is 11.1. The van der Waals surface area contributed by atoms with Crippen molar-refractivity contribution in [1.82, 2.24) is 23.7 Å². The molecule has 3 aromatic heterocycles. The molecule has 0 atom stereocenters. The van der Waals surface area contributed by atoms with E-state index in [2.05, 4.69) is 5.10 Å². The Bertz CT molecular complexity index is 1640. The molecule has 0 amide bonds. The van der Waals surface area contributed by atoms with Crippen molar-refractivity contribution in [3.05, 3.63) is 85.7 Å². The Balaban J connectivity index is 1.56. The number of aromatic nitrogens is 5. The van der Waals surface area contributed by atoms with Crippen LogP contribution in [0.2, 0.25) is 0 Å². The number of nitrogens with zero attached hydrogens (tertiary/aromatic N) is 6. The zero-order valence-electron chi connectivity index (χ0n) is 22.1. The Labute approximate surface area is 217 Å². The van der Waals surface area contributed by atoms with E-state index in [1.165, 1.54) is 18.5 Å². The molecule has 0 aliphatic heterocycles. The maximum atomic E-state index is 13.5. The quantitative estimate of drug-likeness (QED) is 0.214. The van der Waals surface area contributed by atoms with Gasteiger partial charge in [0.2, 0.25) is 5.78 Å². The van der Waals surface area contributed by atoms with Gasteiger partial charge in [0.05, 0.1) is 16.3 Å². The number of carbonyl (C=O) groups is 2. The lowest BCUT2D eigenvalue weighted by Crippen LogP contribution is -2.22. The third kappa shape index (κ3) is 4.44. The summed E-state index contributed by atoms with van der Waals surface area (Å²) in [6, 6.07) is 10.9. The molecule has 0 radical (unpaired) electrons. The van der Waals surface area contributed by atoms with Gasteiger partial charge in [-0.25, -0.2) is 9.89 Å². The lowest BCUT2D eigenvalue weighted by molar-refractivity contribution is -0.730. The monoisotopic (exact) mass is 521 g/mol. The lowest BCUT2D eigenvalue weighted by Gasteiger charge is -2.09. The van der Waals surface area contributed by atoms with Crippen LogP contribution in [0, 0.1) is 39.5 Å². The largest absolute Gasteiger partial charge is 0.456 e. The van der Waals surface area contributed by atoms with Gasteiger partial charge in [0.15, 0.2) is 6.61 Å². The summed E-state index contributed by atoms with van der Waals surface area (Å²) < 4.78 is 11.5. The fourth-order valence-electron chi connectivity index (χ4n) is 4.71. The summed E-state index contributed by atoms with van der Waals surface area (Å²) in [6.07, 6.45) is 0. The molecule has 0 aliphatic rings. The molecule has 3 heterocycles. The van der Waals surface area contributed by atoms with E-state index in [-0.39, 0.29) is 34.1 Å². The molecule has 0 saturated carbocycles. The summed E-state index contributed by atoms with van der Waals surface area (Å²) in [4.78, 5) is 49.9. The number of ether oxygens (including phenoxy) is 1. The van der Waals surface area contributed by atoms with Crippen LogP contribution >= 0.6 is 0 Å². The van der Waals surface area contributed by atoms with Crippen LogP contribution in [0.4, 0.5) is 5.69 Å². The van der Waals surface area contributed by atoms with Crippen LogP contribution in [0.5, 0.6) is 0 Å². The van der Waals surface area contributed by atoms with Crippen molar-refractivity contribution in [3.63, 3.8) is 0 Å². The fourth-order valence-corrected chi connectivity index (χ4v) is 4.71. The van der Waals surface area contributed by atoms with E-state index in [1.54, 1.807) is 40.9 Å². The van der Waals surface area contributed by atoms with Crippen molar-refractivity contribution < 1.29 is 24.5 Å². The highest BCUT2D eigenvalue weighted by atomic mass is 16.6. The molecule has 0 fully saturated rings. The summed E-state index contributed by atoms with van der Waals surface area (Å²) in [7, 11) is 1.80. The number of para-hydroxylation sites is 1. The molecule has 198 valence electrons. The molecule has 12 heteroatoms. The molecule has 1 aromatic carbocycles. The summed E-state index contributed by atoms with van der Waals surface area (Å²) in [5.74, 6) is -1.16. The second kappa shape index (κ2) is 9.96. The van der Waals surface area contributed by atoms with Crippen molar-refractivity contribution in [2.45, 2.75) is 41.2 Å². The average molecular weight is 522 g/mol. The summed E-state index contributed by atoms with van der Waals surface area (Å²) >= 11 is 0. The van der Waals surface area contributed by atoms with Crippen LogP contribution < -0.4 is 5.56 Å². The maximum absolute atomic E-state index is 13.5. The molecular formula is C26H29N6O6+. The number of esters is 1. The molecule has 4 aromatic rings. The molecule has 12 nitrogen and oxygen atoms in total. The van der Waals surface area contributed by atoms with Crippen LogP contribution in [0.25, 0.3) is 11.4 Å². The summed E-state index contributed by atoms with van der Waals surface area (Å²) in [5, 5.41) is 13.3. The Kier molecular flexibility index (Phi) is 6.90. The third-order valence-electron chi connectivity index (χ3n) is 6.66. The average Bonchev–Trinajstić information content (AvgIpc) is 3.40. The molecule has 0 spiro atoms. The van der Waals surface area contributed by atoms with Gasteiger partial charge >= 0.3 is 11.7 Å². The molecular weight excluding hydrogens is 492 g/mol. The number of aryl methyl sites for hydroxylation is 2. The smallest absolute Gasteiger partial charge is 0.359 e. The second-order valence-electron chi connectivity index (χ2n) is 9.06. The molecule has 0 saturated heterocycles. The number of rotatable bonds is 8. The third-order valence-corrected chi connectivity index (χ3v) is 6.66. The van der Waals surface area contributed by atoms with Crippen molar-refractivity contribution in [2.24, 2.45) is 7.05 Å². The number of benzene rings is 1. The first-order valence-electron chi connectivity index (χ1n) is 11.9. The minimum atomic E-state index is -0.732. The highest BCUT2D eigenvalue weighted by molar-refractivity contribution is 5.99. The number of carbonyl (C=O) groups excluding carboxylic acids is 2. The van der Waals surface area contributed by atoms with E-state index in [0.717, 1.165) is 11.4 Å². The van der Waals surface area contributed by atoms with Gasteiger partial charge < -0.3 is 9.30 Å². The van der Waals surface area contributed by atoms with E-state index in [1.807, 2.05) is 37.3 Å². The Morgan fingerprint density at radius 2 is 1.68 bits per heavy atom. The standard InChI is InChI=1S/C26H29N6O6/c1-15-12-21(22(33)14-38-23(34)13-29-19(5)24(32(36)37)16(2)27-29)17(3)30(15)25-18(4)28(6)31(26(25)35)20-10-8-7-9-11-20/h7-12H,13-14H2,1-6H3,(H,36,37)/q+1. The van der Waals surface area contributed by atoms with E-state index >= 15 is 0 Å². The first-order chi connectivity index (χ1) is 17.9. The van der Waals surface area contributed by atoms with Crippen LogP contribution in [0.3, 0.4) is 0 Å². The van der Waals surface area contributed by atoms with Crippen LogP contribution in [0.15, 0.2) is 41.2 Å². The van der Waals surface area contributed by atoms with Gasteiger partial charge in [0, 0.05) is 24.0 Å². The first-order valence-corrected chi connectivity index (χ1v) is 11.9. The van der Waals surface area contributed by atoms with Crippen LogP contribution in [-0.2, 0) is 23.1 Å². The van der Waals surface area contributed by atoms with E-state index in [0.29, 0.717) is 22.6 Å². The zero-order valence-corrected chi connectivity index (χ0v) is 22.1. The van der Waals surface area contributed by atoms with Gasteiger partial charge in [0.25, 0.3) is 10.5 Å². The van der Waals surface area contributed by atoms with E-state index in [4.69, 9.17) is 4.74 Å². The first kappa shape index (κ1) is 26.3. The maximum Gasteiger partial charge on any atom is 0.359 e. The van der Waals surface area contributed by atoms with E-state index in [9.17, 15) is 24.5 Å².